The van der Waals surface area contributed by atoms with Gasteiger partial charge < -0.3 is 38.1 Å². The Bertz CT molecular complexity index is 1450. The highest BCUT2D eigenvalue weighted by atomic mass is 31.2. The number of nitrogens with zero attached hydrogens (tertiary/aromatic N) is 1. The Morgan fingerprint density at radius 1 is 0.597 bits per heavy atom. The Balaban J connectivity index is 4.72. The largest absolute Gasteiger partial charge is 0.756 e. The van der Waals surface area contributed by atoms with Gasteiger partial charge in [-0.2, -0.15) is 0 Å². The standard InChI is InChI=1S/C50H82NO10P/c1-6-8-10-12-14-16-18-20-21-22-23-24-25-26-28-30-32-34-36-40-49(54)58-44-46(45-60-62(56,57)59-43-42-51(3,4)5)61-50(55)41-37-39-48(53)47(52)38-35-33-31-29-27-19-17-15-13-11-9-7-2/h9,11,14-17,20-21,23-24,26-29,32-35,46-48,52-53H,6-8,10,12-13,18-19,22,25,30-31,36-45H2,1-5H3/b11-9-,16-14-,17-15-,21-20-,24-23-,28-26-,29-27-,34-32-,35-33-/t46-,47-,48-/m1/s1. The first-order valence-electron chi connectivity index (χ1n) is 22.8. The van der Waals surface area contributed by atoms with Crippen molar-refractivity contribution in [3.05, 3.63) is 109 Å². The SMILES string of the molecule is CC/C=C\C/C=C\C/C=C\C/C=C\C[C@@H](O)[C@H](O)CCCC(=O)O[C@H](COC(=O)CC/C=C\C/C=C\C/C=C\C/C=C\C/C=C\CCCCC)COP(=O)([O-])OCC[N+](C)(C)C. The summed E-state index contributed by atoms with van der Waals surface area (Å²) in [5, 5.41) is 20.8. The molecule has 2 N–H and O–H groups in total. The van der Waals surface area contributed by atoms with Gasteiger partial charge in [0, 0.05) is 12.8 Å². The van der Waals surface area contributed by atoms with Crippen LogP contribution in [0.3, 0.4) is 0 Å². The molecule has 4 atom stereocenters. The monoisotopic (exact) mass is 888 g/mol. The van der Waals surface area contributed by atoms with Crippen molar-refractivity contribution in [3.63, 3.8) is 0 Å². The number of hydrogen-bond donors (Lipinski definition) is 2. The second-order valence-electron chi connectivity index (χ2n) is 16.0. The lowest BCUT2D eigenvalue weighted by Crippen LogP contribution is -2.37. The van der Waals surface area contributed by atoms with Crippen LogP contribution in [0.2, 0.25) is 0 Å². The highest BCUT2D eigenvalue weighted by Crippen LogP contribution is 2.38. The van der Waals surface area contributed by atoms with Gasteiger partial charge in [-0.25, -0.2) is 0 Å². The van der Waals surface area contributed by atoms with Crippen LogP contribution in [0.25, 0.3) is 0 Å². The first-order valence-corrected chi connectivity index (χ1v) is 24.2. The number of carbonyl (C=O) groups is 2. The minimum Gasteiger partial charge on any atom is -0.756 e. The summed E-state index contributed by atoms with van der Waals surface area (Å²) in [6.07, 6.45) is 47.3. The molecule has 0 spiro atoms. The van der Waals surface area contributed by atoms with Crippen molar-refractivity contribution >= 4 is 19.8 Å². The van der Waals surface area contributed by atoms with Gasteiger partial charge in [-0.15, -0.1) is 0 Å². The fourth-order valence-corrected chi connectivity index (χ4v) is 6.04. The van der Waals surface area contributed by atoms with E-state index in [4.69, 9.17) is 18.5 Å². The lowest BCUT2D eigenvalue weighted by molar-refractivity contribution is -0.870. The van der Waals surface area contributed by atoms with Gasteiger partial charge in [-0.3, -0.25) is 14.2 Å². The number of aliphatic hydroxyl groups excluding tert-OH is 2. The summed E-state index contributed by atoms with van der Waals surface area (Å²) in [5.74, 6) is -1.23. The van der Waals surface area contributed by atoms with Crippen LogP contribution >= 0.6 is 7.82 Å². The van der Waals surface area contributed by atoms with E-state index in [9.17, 15) is 29.3 Å². The molecule has 0 aromatic rings. The average Bonchev–Trinajstić information content (AvgIpc) is 3.22. The van der Waals surface area contributed by atoms with Crippen LogP contribution in [0.4, 0.5) is 0 Å². The number of unbranched alkanes of at least 4 members (excludes halogenated alkanes) is 3. The third-order valence-electron chi connectivity index (χ3n) is 8.99. The molecule has 12 heteroatoms. The van der Waals surface area contributed by atoms with Crippen LogP contribution in [0.15, 0.2) is 109 Å². The van der Waals surface area contributed by atoms with Gasteiger partial charge in [-0.05, 0) is 89.9 Å². The molecule has 0 aliphatic carbocycles. The number of aliphatic hydroxyl groups is 2. The van der Waals surface area contributed by atoms with Crippen molar-refractivity contribution in [1.29, 1.82) is 0 Å². The van der Waals surface area contributed by atoms with E-state index in [0.717, 1.165) is 51.4 Å². The normalized spacial score (nSPS) is 15.5. The Labute approximate surface area is 375 Å². The Kier molecular flexibility index (Phi) is 38.1. The van der Waals surface area contributed by atoms with Gasteiger partial charge in [0.2, 0.25) is 0 Å². The highest BCUT2D eigenvalue weighted by molar-refractivity contribution is 7.45. The summed E-state index contributed by atoms with van der Waals surface area (Å²) in [6, 6.07) is 0. The van der Waals surface area contributed by atoms with Gasteiger partial charge in [-0.1, -0.05) is 136 Å². The Morgan fingerprint density at radius 3 is 1.61 bits per heavy atom. The lowest BCUT2D eigenvalue weighted by Gasteiger charge is -2.28. The second-order valence-corrected chi connectivity index (χ2v) is 17.4. The molecule has 0 saturated carbocycles. The molecular weight excluding hydrogens is 806 g/mol. The molecule has 0 aromatic heterocycles. The van der Waals surface area contributed by atoms with E-state index in [-0.39, 0.29) is 38.7 Å². The molecule has 11 nitrogen and oxygen atoms in total. The summed E-state index contributed by atoms with van der Waals surface area (Å²) in [6.45, 7) is 3.62. The zero-order valence-electron chi connectivity index (χ0n) is 38.7. The van der Waals surface area contributed by atoms with Crippen LogP contribution < -0.4 is 4.89 Å². The van der Waals surface area contributed by atoms with Gasteiger partial charge in [0.15, 0.2) is 6.10 Å². The van der Waals surface area contributed by atoms with Crippen molar-refractivity contribution in [2.75, 3.05) is 47.5 Å². The fraction of sp³-hybridized carbons (Fsp3) is 0.600. The number of hydrogen-bond acceptors (Lipinski definition) is 10. The Hall–Kier alpha value is -3.41. The minimum absolute atomic E-state index is 0.0853. The molecule has 0 bridgehead atoms. The third kappa shape index (κ3) is 41.9. The van der Waals surface area contributed by atoms with E-state index >= 15 is 0 Å². The molecule has 352 valence electrons. The van der Waals surface area contributed by atoms with Crippen LogP contribution in [0, 0.1) is 0 Å². The van der Waals surface area contributed by atoms with E-state index in [1.54, 1.807) is 0 Å². The van der Waals surface area contributed by atoms with Gasteiger partial charge in [0.05, 0.1) is 40.0 Å². The Morgan fingerprint density at radius 2 is 1.10 bits per heavy atom. The summed E-state index contributed by atoms with van der Waals surface area (Å²) >= 11 is 0. The maximum absolute atomic E-state index is 12.7. The summed E-state index contributed by atoms with van der Waals surface area (Å²) in [4.78, 5) is 37.6. The average molecular weight is 888 g/mol. The summed E-state index contributed by atoms with van der Waals surface area (Å²) < 4.78 is 33.6. The van der Waals surface area contributed by atoms with E-state index in [2.05, 4.69) is 92.8 Å². The van der Waals surface area contributed by atoms with Crippen LogP contribution in [-0.2, 0) is 32.7 Å². The number of likely N-dealkylation sites (N-methyl/N-ethyl adjacent to an activating group) is 1. The van der Waals surface area contributed by atoms with Crippen molar-refractivity contribution in [1.82, 2.24) is 0 Å². The second kappa shape index (κ2) is 40.4. The molecule has 62 heavy (non-hydrogen) atoms. The number of phosphoric acid groups is 1. The zero-order valence-corrected chi connectivity index (χ0v) is 39.6. The number of quaternary nitrogens is 1. The van der Waals surface area contributed by atoms with Gasteiger partial charge >= 0.3 is 11.9 Å². The maximum atomic E-state index is 12.7. The number of carbonyl (C=O) groups excluding carboxylic acids is 2. The van der Waals surface area contributed by atoms with E-state index in [1.165, 1.54) is 19.3 Å². The minimum atomic E-state index is -4.73. The first-order chi connectivity index (χ1) is 29.8. The molecule has 0 radical (unpaired) electrons. The zero-order chi connectivity index (χ0) is 46.0. The number of phosphoric ester groups is 1. The van der Waals surface area contributed by atoms with Gasteiger partial charge in [0.25, 0.3) is 7.82 Å². The van der Waals surface area contributed by atoms with Crippen LogP contribution in [0.5, 0.6) is 0 Å². The number of esters is 2. The molecule has 1 unspecified atom stereocenters. The molecule has 0 rings (SSSR count). The maximum Gasteiger partial charge on any atom is 0.306 e. The van der Waals surface area contributed by atoms with Crippen molar-refractivity contribution in [3.8, 4) is 0 Å². The smallest absolute Gasteiger partial charge is 0.306 e. The van der Waals surface area contributed by atoms with E-state index in [1.807, 2.05) is 51.5 Å². The third-order valence-corrected chi connectivity index (χ3v) is 9.96. The number of allylic oxidation sites excluding steroid dienone is 17. The van der Waals surface area contributed by atoms with Crippen molar-refractivity contribution in [2.45, 2.75) is 148 Å². The quantitative estimate of drug-likeness (QED) is 0.0201. The summed E-state index contributed by atoms with van der Waals surface area (Å²) in [7, 11) is 0.928. The molecule has 0 aliphatic heterocycles. The fourth-order valence-electron chi connectivity index (χ4n) is 5.31. The topological polar surface area (TPSA) is 152 Å². The molecule has 0 amide bonds. The van der Waals surface area contributed by atoms with E-state index < -0.39 is 51.3 Å². The lowest BCUT2D eigenvalue weighted by atomic mass is 10.0. The van der Waals surface area contributed by atoms with Crippen molar-refractivity contribution in [2.24, 2.45) is 0 Å². The van der Waals surface area contributed by atoms with Gasteiger partial charge in [0.1, 0.15) is 19.8 Å². The highest BCUT2D eigenvalue weighted by Gasteiger charge is 2.22. The predicted molar refractivity (Wildman–Crippen MR) is 252 cm³/mol. The predicted octanol–water partition coefficient (Wildman–Crippen LogP) is 10.4. The molecule has 0 aromatic carbocycles. The van der Waals surface area contributed by atoms with Crippen LogP contribution in [0.1, 0.15) is 129 Å². The summed E-state index contributed by atoms with van der Waals surface area (Å²) in [5.41, 5.74) is 0. The van der Waals surface area contributed by atoms with Crippen LogP contribution in [-0.4, -0.2) is 92.5 Å². The molecule has 0 heterocycles. The van der Waals surface area contributed by atoms with E-state index in [0.29, 0.717) is 23.9 Å². The molecular formula is C50H82NO10P. The number of rotatable bonds is 39. The van der Waals surface area contributed by atoms with Crippen molar-refractivity contribution < 1.29 is 52.3 Å². The molecule has 0 fully saturated rings. The number of ether oxygens (including phenoxy) is 2. The molecule has 0 saturated heterocycles. The first kappa shape index (κ1) is 58.6. The molecule has 0 aliphatic rings.